The topological polar surface area (TPSA) is 90.6 Å². The monoisotopic (exact) mass is 314 g/mol. The minimum Gasteiger partial charge on any atom is -0.493 e. The molecule has 2 rings (SSSR count). The van der Waals surface area contributed by atoms with Gasteiger partial charge in [0, 0.05) is 16.8 Å². The molecule has 6 heteroatoms. The van der Waals surface area contributed by atoms with Gasteiger partial charge in [-0.1, -0.05) is 0 Å². The summed E-state index contributed by atoms with van der Waals surface area (Å²) in [5.41, 5.74) is 7.36. The second-order valence-corrected chi connectivity index (χ2v) is 4.92. The Morgan fingerprint density at radius 2 is 1.57 bits per heavy atom. The molecular weight excluding hydrogens is 296 g/mol. The Morgan fingerprint density at radius 3 is 2.09 bits per heavy atom. The number of carbonyl (C=O) groups excluding carboxylic acids is 2. The molecule has 2 aromatic carbocycles. The highest BCUT2D eigenvalue weighted by atomic mass is 16.5. The second kappa shape index (κ2) is 6.83. The number of benzene rings is 2. The van der Waals surface area contributed by atoms with Crippen LogP contribution in [-0.4, -0.2) is 26.0 Å². The zero-order valence-corrected chi connectivity index (χ0v) is 13.2. The maximum absolute atomic E-state index is 12.4. The number of carbonyl (C=O) groups is 2. The van der Waals surface area contributed by atoms with Gasteiger partial charge in [0.15, 0.2) is 11.5 Å². The van der Waals surface area contributed by atoms with Gasteiger partial charge in [-0.3, -0.25) is 9.59 Å². The number of methoxy groups -OCH3 is 2. The molecule has 6 nitrogen and oxygen atoms in total. The molecule has 0 saturated carbocycles. The van der Waals surface area contributed by atoms with Crippen LogP contribution in [0.2, 0.25) is 0 Å². The maximum atomic E-state index is 12.4. The first kappa shape index (κ1) is 16.4. The van der Waals surface area contributed by atoms with E-state index in [0.717, 1.165) is 5.56 Å². The van der Waals surface area contributed by atoms with E-state index in [0.29, 0.717) is 28.3 Å². The summed E-state index contributed by atoms with van der Waals surface area (Å²) >= 11 is 0. The quantitative estimate of drug-likeness (QED) is 0.886. The van der Waals surface area contributed by atoms with Crippen molar-refractivity contribution in [2.75, 3.05) is 19.5 Å². The SMILES string of the molecule is COc1cc(C)c(C(=O)Nc2ccc(C(N)=O)cc2)cc1OC. The third-order valence-electron chi connectivity index (χ3n) is 3.40. The summed E-state index contributed by atoms with van der Waals surface area (Å²) in [5.74, 6) is 0.244. The first-order valence-corrected chi connectivity index (χ1v) is 6.90. The number of aryl methyl sites for hydroxylation is 1. The normalized spacial score (nSPS) is 10.0. The number of hydrogen-bond acceptors (Lipinski definition) is 4. The van der Waals surface area contributed by atoms with Crippen molar-refractivity contribution in [3.8, 4) is 11.5 Å². The lowest BCUT2D eigenvalue weighted by atomic mass is 10.1. The molecule has 0 aliphatic heterocycles. The molecule has 0 aromatic heterocycles. The number of rotatable bonds is 5. The van der Waals surface area contributed by atoms with E-state index in [9.17, 15) is 9.59 Å². The van der Waals surface area contributed by atoms with Gasteiger partial charge in [-0.15, -0.1) is 0 Å². The molecule has 2 aromatic rings. The Hall–Kier alpha value is -3.02. The van der Waals surface area contributed by atoms with E-state index in [2.05, 4.69) is 5.32 Å². The molecule has 0 saturated heterocycles. The summed E-state index contributed by atoms with van der Waals surface area (Å²) in [4.78, 5) is 23.5. The van der Waals surface area contributed by atoms with Gasteiger partial charge in [0.25, 0.3) is 5.91 Å². The highest BCUT2D eigenvalue weighted by molar-refractivity contribution is 6.06. The molecular formula is C17H18N2O4. The van der Waals surface area contributed by atoms with Gasteiger partial charge in [-0.05, 0) is 48.9 Å². The highest BCUT2D eigenvalue weighted by Gasteiger charge is 2.15. The lowest BCUT2D eigenvalue weighted by molar-refractivity contribution is 0.0998. The Balaban J connectivity index is 2.25. The zero-order chi connectivity index (χ0) is 17.0. The number of anilines is 1. The second-order valence-electron chi connectivity index (χ2n) is 4.92. The van der Waals surface area contributed by atoms with Gasteiger partial charge >= 0.3 is 0 Å². The fraction of sp³-hybridized carbons (Fsp3) is 0.176. The van der Waals surface area contributed by atoms with E-state index >= 15 is 0 Å². The van der Waals surface area contributed by atoms with Crippen molar-refractivity contribution in [3.05, 3.63) is 53.1 Å². The molecule has 0 unspecified atom stereocenters. The van der Waals surface area contributed by atoms with Crippen molar-refractivity contribution in [1.82, 2.24) is 0 Å². The molecule has 2 amide bonds. The predicted octanol–water partition coefficient (Wildman–Crippen LogP) is 2.36. The third-order valence-corrected chi connectivity index (χ3v) is 3.40. The molecule has 0 fully saturated rings. The van der Waals surface area contributed by atoms with Gasteiger partial charge in [0.1, 0.15) is 0 Å². The first-order valence-electron chi connectivity index (χ1n) is 6.90. The van der Waals surface area contributed by atoms with Gasteiger partial charge < -0.3 is 20.5 Å². The summed E-state index contributed by atoms with van der Waals surface area (Å²) in [6.07, 6.45) is 0. The van der Waals surface area contributed by atoms with Crippen molar-refractivity contribution >= 4 is 17.5 Å². The van der Waals surface area contributed by atoms with E-state index in [1.54, 1.807) is 36.4 Å². The molecule has 0 aliphatic rings. The van der Waals surface area contributed by atoms with Gasteiger partial charge in [0.2, 0.25) is 5.91 Å². The molecule has 0 bridgehead atoms. The highest BCUT2D eigenvalue weighted by Crippen LogP contribution is 2.30. The van der Waals surface area contributed by atoms with Crippen LogP contribution in [0.25, 0.3) is 0 Å². The van der Waals surface area contributed by atoms with E-state index < -0.39 is 5.91 Å². The number of ether oxygens (including phenoxy) is 2. The molecule has 0 radical (unpaired) electrons. The van der Waals surface area contributed by atoms with Gasteiger partial charge in [-0.2, -0.15) is 0 Å². The van der Waals surface area contributed by atoms with Crippen molar-refractivity contribution in [3.63, 3.8) is 0 Å². The molecule has 120 valence electrons. The minimum atomic E-state index is -0.515. The number of amides is 2. The van der Waals surface area contributed by atoms with Crippen molar-refractivity contribution < 1.29 is 19.1 Å². The molecule has 0 aliphatic carbocycles. The Bertz CT molecular complexity index is 739. The summed E-state index contributed by atoms with van der Waals surface area (Å²) in [6.45, 7) is 1.81. The summed E-state index contributed by atoms with van der Waals surface area (Å²) in [6, 6.07) is 9.71. The Labute approximate surface area is 134 Å². The van der Waals surface area contributed by atoms with Crippen LogP contribution < -0.4 is 20.5 Å². The average Bonchev–Trinajstić information content (AvgIpc) is 2.54. The fourth-order valence-corrected chi connectivity index (χ4v) is 2.14. The van der Waals surface area contributed by atoms with Crippen LogP contribution >= 0.6 is 0 Å². The van der Waals surface area contributed by atoms with E-state index in [1.165, 1.54) is 14.2 Å². The fourth-order valence-electron chi connectivity index (χ4n) is 2.14. The van der Waals surface area contributed by atoms with Crippen LogP contribution in [0.5, 0.6) is 11.5 Å². The van der Waals surface area contributed by atoms with E-state index in [1.807, 2.05) is 6.92 Å². The molecule has 0 atom stereocenters. The minimum absolute atomic E-state index is 0.282. The Morgan fingerprint density at radius 1 is 1.00 bits per heavy atom. The number of nitrogens with two attached hydrogens (primary N) is 1. The van der Waals surface area contributed by atoms with Gasteiger partial charge in [-0.25, -0.2) is 0 Å². The van der Waals surface area contributed by atoms with E-state index in [-0.39, 0.29) is 5.91 Å². The third kappa shape index (κ3) is 3.60. The summed E-state index contributed by atoms with van der Waals surface area (Å²) < 4.78 is 10.4. The molecule has 0 heterocycles. The van der Waals surface area contributed by atoms with E-state index in [4.69, 9.17) is 15.2 Å². The van der Waals surface area contributed by atoms with Crippen LogP contribution in [0.1, 0.15) is 26.3 Å². The lowest BCUT2D eigenvalue weighted by Crippen LogP contribution is -2.14. The number of nitrogens with one attached hydrogen (secondary N) is 1. The number of hydrogen-bond donors (Lipinski definition) is 2. The van der Waals surface area contributed by atoms with Crippen LogP contribution in [0.3, 0.4) is 0 Å². The van der Waals surface area contributed by atoms with Crippen LogP contribution in [-0.2, 0) is 0 Å². The van der Waals surface area contributed by atoms with Crippen LogP contribution in [0.4, 0.5) is 5.69 Å². The van der Waals surface area contributed by atoms with Crippen molar-refractivity contribution in [2.24, 2.45) is 5.73 Å². The largest absolute Gasteiger partial charge is 0.493 e. The first-order chi connectivity index (χ1) is 11.0. The molecule has 3 N–H and O–H groups in total. The summed E-state index contributed by atoms with van der Waals surface area (Å²) in [5, 5.41) is 2.77. The predicted molar refractivity (Wildman–Crippen MR) is 87.2 cm³/mol. The molecule has 23 heavy (non-hydrogen) atoms. The zero-order valence-electron chi connectivity index (χ0n) is 13.2. The van der Waals surface area contributed by atoms with Crippen molar-refractivity contribution in [1.29, 1.82) is 0 Å². The van der Waals surface area contributed by atoms with Crippen molar-refractivity contribution in [2.45, 2.75) is 6.92 Å². The lowest BCUT2D eigenvalue weighted by Gasteiger charge is -2.13. The number of primary amides is 1. The van der Waals surface area contributed by atoms with Crippen LogP contribution in [0.15, 0.2) is 36.4 Å². The summed E-state index contributed by atoms with van der Waals surface area (Å²) in [7, 11) is 3.05. The standard InChI is InChI=1S/C17H18N2O4/c1-10-8-14(22-2)15(23-3)9-13(10)17(21)19-12-6-4-11(5-7-12)16(18)20/h4-9H,1-3H3,(H2,18,20)(H,19,21). The Kier molecular flexibility index (Phi) is 4.85. The average molecular weight is 314 g/mol. The smallest absolute Gasteiger partial charge is 0.256 e. The maximum Gasteiger partial charge on any atom is 0.256 e. The van der Waals surface area contributed by atoms with Crippen LogP contribution in [0, 0.1) is 6.92 Å². The molecule has 0 spiro atoms. The van der Waals surface area contributed by atoms with Gasteiger partial charge in [0.05, 0.1) is 14.2 Å².